The van der Waals surface area contributed by atoms with Gasteiger partial charge in [0.25, 0.3) is 0 Å². The molecule has 5 nitrogen and oxygen atoms in total. The van der Waals surface area contributed by atoms with Crippen LogP contribution in [0.2, 0.25) is 0 Å². The number of thiazole rings is 1. The van der Waals surface area contributed by atoms with E-state index in [1.807, 2.05) is 43.3 Å². The number of fused-ring (bicyclic) bond motifs is 1. The van der Waals surface area contributed by atoms with Crippen LogP contribution in [0.25, 0.3) is 10.2 Å². The van der Waals surface area contributed by atoms with Gasteiger partial charge < -0.3 is 10.6 Å². The molecule has 1 aliphatic rings. The normalized spacial score (nSPS) is 18.1. The molecule has 0 fully saturated rings. The Labute approximate surface area is 194 Å². The zero-order valence-corrected chi connectivity index (χ0v) is 19.6. The number of amides is 2. The fraction of sp³-hybridized carbons (Fsp3) is 0.292. The van der Waals surface area contributed by atoms with Crippen molar-refractivity contribution in [3.63, 3.8) is 0 Å². The fourth-order valence-electron chi connectivity index (χ4n) is 3.80. The molecular weight excluding hydrogens is 474 g/mol. The number of carbonyl (C=O) groups is 2. The molecule has 2 aromatic carbocycles. The molecule has 3 aromatic rings. The summed E-state index contributed by atoms with van der Waals surface area (Å²) in [4.78, 5) is 30.0. The molecule has 2 unspecified atom stereocenters. The molecule has 160 valence electrons. The van der Waals surface area contributed by atoms with Crippen molar-refractivity contribution in [2.45, 2.75) is 32.1 Å². The smallest absolute Gasteiger partial charge is 0.226 e. The molecule has 2 atom stereocenters. The van der Waals surface area contributed by atoms with Crippen molar-refractivity contribution in [1.82, 2.24) is 10.3 Å². The lowest BCUT2D eigenvalue weighted by atomic mass is 9.82. The second kappa shape index (κ2) is 9.75. The van der Waals surface area contributed by atoms with Gasteiger partial charge in [0, 0.05) is 29.0 Å². The van der Waals surface area contributed by atoms with Gasteiger partial charge in [-0.15, -0.1) is 11.3 Å². The predicted molar refractivity (Wildman–Crippen MR) is 129 cm³/mol. The Morgan fingerprint density at radius 2 is 1.97 bits per heavy atom. The van der Waals surface area contributed by atoms with E-state index in [1.54, 1.807) is 11.3 Å². The summed E-state index contributed by atoms with van der Waals surface area (Å²) in [5.41, 5.74) is 2.75. The number of para-hydroxylation sites is 1. The number of hydrogen-bond donors (Lipinski definition) is 2. The lowest BCUT2D eigenvalue weighted by molar-refractivity contribution is -0.125. The van der Waals surface area contributed by atoms with E-state index in [0.29, 0.717) is 13.0 Å². The van der Waals surface area contributed by atoms with Crippen LogP contribution in [0.4, 0.5) is 5.69 Å². The second-order valence-corrected chi connectivity index (χ2v) is 9.70. The lowest BCUT2D eigenvalue weighted by Gasteiger charge is -2.26. The first-order chi connectivity index (χ1) is 15.0. The van der Waals surface area contributed by atoms with Crippen LogP contribution < -0.4 is 10.6 Å². The first-order valence-electron chi connectivity index (χ1n) is 10.4. The number of halogens is 1. The number of allylic oxidation sites excluding steroid dienone is 2. The molecule has 0 saturated carbocycles. The van der Waals surface area contributed by atoms with E-state index < -0.39 is 0 Å². The third kappa shape index (κ3) is 5.22. The molecule has 1 aromatic heterocycles. The number of aromatic nitrogens is 1. The maximum absolute atomic E-state index is 12.9. The molecule has 2 N–H and O–H groups in total. The Morgan fingerprint density at radius 3 is 2.81 bits per heavy atom. The second-order valence-electron chi connectivity index (χ2n) is 7.72. The zero-order valence-electron chi connectivity index (χ0n) is 17.2. The molecule has 0 aliphatic heterocycles. The minimum atomic E-state index is -0.166. The average Bonchev–Trinajstić information content (AvgIpc) is 3.20. The summed E-state index contributed by atoms with van der Waals surface area (Å²) in [5.74, 6) is -0.228. The third-order valence-corrected chi connectivity index (χ3v) is 7.18. The lowest BCUT2D eigenvalue weighted by Crippen LogP contribution is -2.36. The summed E-state index contributed by atoms with van der Waals surface area (Å²) in [5, 5.41) is 6.88. The Kier molecular flexibility index (Phi) is 6.83. The summed E-state index contributed by atoms with van der Waals surface area (Å²) < 4.78 is 2.05. The molecule has 0 bridgehead atoms. The number of carbonyl (C=O) groups excluding carboxylic acids is 2. The first-order valence-corrected chi connectivity index (χ1v) is 12.0. The van der Waals surface area contributed by atoms with Crippen molar-refractivity contribution < 1.29 is 9.59 Å². The number of nitrogens with one attached hydrogen (secondary N) is 2. The Hall–Kier alpha value is -2.51. The molecule has 0 radical (unpaired) electrons. The van der Waals surface area contributed by atoms with Crippen molar-refractivity contribution >= 4 is 55.0 Å². The summed E-state index contributed by atoms with van der Waals surface area (Å²) in [6.07, 6.45) is 5.92. The van der Waals surface area contributed by atoms with Crippen molar-refractivity contribution in [1.29, 1.82) is 0 Å². The summed E-state index contributed by atoms with van der Waals surface area (Å²) in [7, 11) is 0. The number of rotatable bonds is 6. The quantitative estimate of drug-likeness (QED) is 0.437. The molecule has 4 rings (SSSR count). The topological polar surface area (TPSA) is 71.1 Å². The number of aryl methyl sites for hydroxylation is 1. The highest BCUT2D eigenvalue weighted by Crippen LogP contribution is 2.38. The van der Waals surface area contributed by atoms with Gasteiger partial charge in [-0.05, 0) is 49.6 Å². The van der Waals surface area contributed by atoms with E-state index in [2.05, 4.69) is 44.8 Å². The van der Waals surface area contributed by atoms with Crippen LogP contribution in [-0.4, -0.2) is 23.3 Å². The minimum absolute atomic E-state index is 0.0138. The Morgan fingerprint density at radius 1 is 1.16 bits per heavy atom. The summed E-state index contributed by atoms with van der Waals surface area (Å²) in [6.45, 7) is 2.26. The molecule has 2 amide bonds. The van der Waals surface area contributed by atoms with Gasteiger partial charge in [0.2, 0.25) is 11.8 Å². The van der Waals surface area contributed by atoms with E-state index in [0.717, 1.165) is 37.4 Å². The van der Waals surface area contributed by atoms with Crippen LogP contribution in [0.1, 0.15) is 35.8 Å². The summed E-state index contributed by atoms with van der Waals surface area (Å²) >= 11 is 5.08. The molecule has 0 spiro atoms. The maximum atomic E-state index is 12.9. The molecule has 7 heteroatoms. The zero-order chi connectivity index (χ0) is 21.8. The van der Waals surface area contributed by atoms with Gasteiger partial charge in [0.05, 0.1) is 21.1 Å². The van der Waals surface area contributed by atoms with Crippen LogP contribution in [0, 0.1) is 12.8 Å². The van der Waals surface area contributed by atoms with Crippen molar-refractivity contribution in [2.24, 2.45) is 5.92 Å². The fourth-order valence-corrected chi connectivity index (χ4v) is 5.30. The van der Waals surface area contributed by atoms with Crippen LogP contribution in [0.3, 0.4) is 0 Å². The van der Waals surface area contributed by atoms with Gasteiger partial charge in [0.15, 0.2) is 0 Å². The largest absolute Gasteiger partial charge is 0.355 e. The minimum Gasteiger partial charge on any atom is -0.355 e. The Bertz CT molecular complexity index is 1110. The van der Waals surface area contributed by atoms with Gasteiger partial charge in [-0.25, -0.2) is 4.98 Å². The molecule has 31 heavy (non-hydrogen) atoms. The van der Waals surface area contributed by atoms with E-state index >= 15 is 0 Å². The monoisotopic (exact) mass is 497 g/mol. The van der Waals surface area contributed by atoms with Gasteiger partial charge in [-0.3, -0.25) is 9.59 Å². The van der Waals surface area contributed by atoms with Crippen LogP contribution >= 0.6 is 27.3 Å². The van der Waals surface area contributed by atoms with E-state index in [4.69, 9.17) is 4.98 Å². The molecule has 1 aliphatic carbocycles. The van der Waals surface area contributed by atoms with E-state index in [9.17, 15) is 9.59 Å². The van der Waals surface area contributed by atoms with Crippen LogP contribution in [0.15, 0.2) is 59.1 Å². The van der Waals surface area contributed by atoms with Crippen molar-refractivity contribution in [2.75, 3.05) is 11.9 Å². The predicted octanol–water partition coefficient (Wildman–Crippen LogP) is 5.56. The number of nitrogens with zero attached hydrogens (tertiary/aromatic N) is 1. The maximum Gasteiger partial charge on any atom is 0.226 e. The Balaban J connectivity index is 1.35. The van der Waals surface area contributed by atoms with Crippen molar-refractivity contribution in [3.05, 3.63) is 69.7 Å². The van der Waals surface area contributed by atoms with Gasteiger partial charge in [-0.1, -0.05) is 46.3 Å². The van der Waals surface area contributed by atoms with Crippen LogP contribution in [-0.2, 0) is 9.59 Å². The van der Waals surface area contributed by atoms with Gasteiger partial charge in [-0.2, -0.15) is 0 Å². The highest BCUT2D eigenvalue weighted by atomic mass is 79.9. The first kappa shape index (κ1) is 21.7. The SMILES string of the molecule is Cc1ccc(Br)cc1NC(=O)CCNC(=O)C1CC=CCC1c1nc2ccccc2s1. The highest BCUT2D eigenvalue weighted by Gasteiger charge is 2.32. The third-order valence-electron chi connectivity index (χ3n) is 5.52. The van der Waals surface area contributed by atoms with E-state index in [1.165, 1.54) is 0 Å². The van der Waals surface area contributed by atoms with Gasteiger partial charge in [0.1, 0.15) is 0 Å². The number of anilines is 1. The summed E-state index contributed by atoms with van der Waals surface area (Å²) in [6, 6.07) is 13.8. The molecule has 0 saturated heterocycles. The number of benzene rings is 2. The number of hydrogen-bond acceptors (Lipinski definition) is 4. The molecule has 1 heterocycles. The van der Waals surface area contributed by atoms with E-state index in [-0.39, 0.29) is 30.1 Å². The molecular formula is C24H24BrN3O2S. The standard InChI is InChI=1S/C24H24BrN3O2S/c1-15-10-11-16(25)14-20(15)27-22(29)12-13-26-23(30)17-6-2-3-7-18(17)24-28-19-8-4-5-9-21(19)31-24/h2-5,8-11,14,17-18H,6-7,12-13H2,1H3,(H,26,30)(H,27,29). The highest BCUT2D eigenvalue weighted by molar-refractivity contribution is 9.10. The van der Waals surface area contributed by atoms with Crippen LogP contribution in [0.5, 0.6) is 0 Å². The average molecular weight is 498 g/mol. The van der Waals surface area contributed by atoms with Gasteiger partial charge >= 0.3 is 0 Å². The van der Waals surface area contributed by atoms with Crippen molar-refractivity contribution in [3.8, 4) is 0 Å².